The second-order valence-corrected chi connectivity index (χ2v) is 5.68. The lowest BCUT2D eigenvalue weighted by Gasteiger charge is -2.21. The van der Waals surface area contributed by atoms with Gasteiger partial charge in [0.2, 0.25) is 5.91 Å². The highest BCUT2D eigenvalue weighted by Gasteiger charge is 2.16. The Bertz CT molecular complexity index is 502. The standard InChI is InChI=1S/C14H22N4OS/c1-9(2)7-17-11(19)8-18(4)14-12(13(15)20)10(3)5-6-16-14/h5-6,9H,7-8H2,1-4H3,(H2,15,20)(H,17,19). The van der Waals surface area contributed by atoms with Crippen molar-refractivity contribution in [3.05, 3.63) is 23.4 Å². The van der Waals surface area contributed by atoms with Crippen molar-refractivity contribution in [1.82, 2.24) is 10.3 Å². The number of nitrogens with zero attached hydrogens (tertiary/aromatic N) is 2. The molecule has 0 aliphatic rings. The van der Waals surface area contributed by atoms with E-state index in [1.165, 1.54) is 0 Å². The Morgan fingerprint density at radius 2 is 2.20 bits per heavy atom. The minimum absolute atomic E-state index is 0.0432. The Kier molecular flexibility index (Phi) is 5.88. The van der Waals surface area contributed by atoms with Crippen molar-refractivity contribution in [3.8, 4) is 0 Å². The van der Waals surface area contributed by atoms with E-state index in [1.807, 2.05) is 13.0 Å². The summed E-state index contributed by atoms with van der Waals surface area (Å²) in [6.45, 7) is 6.91. The van der Waals surface area contributed by atoms with Gasteiger partial charge in [-0.15, -0.1) is 0 Å². The maximum Gasteiger partial charge on any atom is 0.239 e. The summed E-state index contributed by atoms with van der Waals surface area (Å²) in [5.74, 6) is 1.02. The smallest absolute Gasteiger partial charge is 0.239 e. The van der Waals surface area contributed by atoms with Crippen molar-refractivity contribution in [3.63, 3.8) is 0 Å². The van der Waals surface area contributed by atoms with Gasteiger partial charge in [-0.1, -0.05) is 26.1 Å². The normalized spacial score (nSPS) is 10.4. The van der Waals surface area contributed by atoms with Gasteiger partial charge in [-0.3, -0.25) is 4.79 Å². The molecule has 0 unspecified atom stereocenters. The van der Waals surface area contributed by atoms with Crippen molar-refractivity contribution in [2.75, 3.05) is 25.0 Å². The first-order valence-electron chi connectivity index (χ1n) is 6.56. The van der Waals surface area contributed by atoms with Crippen LogP contribution in [0.4, 0.5) is 5.82 Å². The van der Waals surface area contributed by atoms with E-state index in [0.717, 1.165) is 11.1 Å². The first-order chi connectivity index (χ1) is 9.32. The van der Waals surface area contributed by atoms with Crippen LogP contribution in [0.3, 0.4) is 0 Å². The molecule has 20 heavy (non-hydrogen) atoms. The molecule has 110 valence electrons. The van der Waals surface area contributed by atoms with Crippen LogP contribution in [-0.2, 0) is 4.79 Å². The number of carbonyl (C=O) groups excluding carboxylic acids is 1. The topological polar surface area (TPSA) is 71.2 Å². The number of likely N-dealkylation sites (N-methyl/N-ethyl adjacent to an activating group) is 1. The van der Waals surface area contributed by atoms with Crippen LogP contribution in [0.2, 0.25) is 0 Å². The highest BCUT2D eigenvalue weighted by atomic mass is 32.1. The van der Waals surface area contributed by atoms with Crippen molar-refractivity contribution in [2.45, 2.75) is 20.8 Å². The number of anilines is 1. The third-order valence-corrected chi connectivity index (χ3v) is 3.04. The van der Waals surface area contributed by atoms with Gasteiger partial charge in [-0.05, 0) is 24.5 Å². The second kappa shape index (κ2) is 7.19. The van der Waals surface area contributed by atoms with Gasteiger partial charge >= 0.3 is 0 Å². The molecule has 1 amide bonds. The summed E-state index contributed by atoms with van der Waals surface area (Å²) in [5.41, 5.74) is 7.43. The van der Waals surface area contributed by atoms with Crippen LogP contribution in [0.5, 0.6) is 0 Å². The fraction of sp³-hybridized carbons (Fsp3) is 0.500. The number of amides is 1. The number of aryl methyl sites for hydroxylation is 1. The molecule has 0 fully saturated rings. The van der Waals surface area contributed by atoms with Gasteiger partial charge in [-0.25, -0.2) is 4.98 Å². The van der Waals surface area contributed by atoms with E-state index in [4.69, 9.17) is 18.0 Å². The zero-order valence-electron chi connectivity index (χ0n) is 12.4. The summed E-state index contributed by atoms with van der Waals surface area (Å²) in [4.78, 5) is 18.2. The van der Waals surface area contributed by atoms with Crippen LogP contribution in [0.15, 0.2) is 12.3 Å². The molecule has 0 spiro atoms. The number of nitrogens with two attached hydrogens (primary N) is 1. The van der Waals surface area contributed by atoms with Gasteiger partial charge in [0.15, 0.2) is 0 Å². The maximum atomic E-state index is 11.9. The third-order valence-electron chi connectivity index (χ3n) is 2.84. The molecule has 0 radical (unpaired) electrons. The summed E-state index contributed by atoms with van der Waals surface area (Å²) in [6, 6.07) is 1.85. The summed E-state index contributed by atoms with van der Waals surface area (Å²) in [6.07, 6.45) is 1.69. The minimum Gasteiger partial charge on any atom is -0.389 e. The highest BCUT2D eigenvalue weighted by molar-refractivity contribution is 7.80. The predicted octanol–water partition coefficient (Wildman–Crippen LogP) is 1.23. The van der Waals surface area contributed by atoms with E-state index in [1.54, 1.807) is 18.1 Å². The number of rotatable bonds is 6. The minimum atomic E-state index is -0.0432. The molecular weight excluding hydrogens is 272 g/mol. The quantitative estimate of drug-likeness (QED) is 0.772. The maximum absolute atomic E-state index is 11.9. The second-order valence-electron chi connectivity index (χ2n) is 5.24. The summed E-state index contributed by atoms with van der Waals surface area (Å²) >= 11 is 5.07. The SMILES string of the molecule is Cc1ccnc(N(C)CC(=O)NCC(C)C)c1C(N)=S. The average molecular weight is 294 g/mol. The number of carbonyl (C=O) groups is 1. The fourth-order valence-corrected chi connectivity index (χ4v) is 2.05. The van der Waals surface area contributed by atoms with Gasteiger partial charge in [0.25, 0.3) is 0 Å². The molecule has 0 bridgehead atoms. The van der Waals surface area contributed by atoms with Crippen LogP contribution in [0, 0.1) is 12.8 Å². The predicted molar refractivity (Wildman–Crippen MR) is 86.0 cm³/mol. The number of pyridine rings is 1. The number of aromatic nitrogens is 1. The number of thiocarbonyl (C=S) groups is 1. The molecule has 0 saturated carbocycles. The zero-order valence-corrected chi connectivity index (χ0v) is 13.3. The summed E-state index contributed by atoms with van der Waals surface area (Å²) in [5, 5.41) is 2.87. The molecule has 5 nitrogen and oxygen atoms in total. The molecule has 1 aromatic heterocycles. The van der Waals surface area contributed by atoms with Crippen LogP contribution >= 0.6 is 12.2 Å². The monoisotopic (exact) mass is 294 g/mol. The first kappa shape index (κ1) is 16.4. The van der Waals surface area contributed by atoms with Gasteiger partial charge in [0, 0.05) is 19.8 Å². The van der Waals surface area contributed by atoms with Crippen LogP contribution < -0.4 is 16.0 Å². The van der Waals surface area contributed by atoms with Gasteiger partial charge in [0.1, 0.15) is 10.8 Å². The van der Waals surface area contributed by atoms with E-state index < -0.39 is 0 Å². The Balaban J connectivity index is 2.82. The van der Waals surface area contributed by atoms with Crippen molar-refractivity contribution < 1.29 is 4.79 Å². The van der Waals surface area contributed by atoms with E-state index in [0.29, 0.717) is 23.3 Å². The molecule has 1 rings (SSSR count). The van der Waals surface area contributed by atoms with E-state index in [-0.39, 0.29) is 12.5 Å². The molecule has 0 aliphatic carbocycles. The Hall–Kier alpha value is -1.69. The highest BCUT2D eigenvalue weighted by Crippen LogP contribution is 2.19. The van der Waals surface area contributed by atoms with Crippen molar-refractivity contribution in [1.29, 1.82) is 0 Å². The Labute approximate surface area is 125 Å². The molecule has 0 saturated heterocycles. The van der Waals surface area contributed by atoms with E-state index >= 15 is 0 Å². The van der Waals surface area contributed by atoms with Gasteiger partial charge in [-0.2, -0.15) is 0 Å². The number of nitrogens with one attached hydrogen (secondary N) is 1. The third kappa shape index (κ3) is 4.45. The lowest BCUT2D eigenvalue weighted by atomic mass is 10.1. The van der Waals surface area contributed by atoms with Crippen molar-refractivity contribution >= 4 is 28.9 Å². The van der Waals surface area contributed by atoms with Crippen LogP contribution in [0.25, 0.3) is 0 Å². The molecule has 1 heterocycles. The number of hydrogen-bond donors (Lipinski definition) is 2. The van der Waals surface area contributed by atoms with Crippen LogP contribution in [-0.4, -0.2) is 36.0 Å². The Morgan fingerprint density at radius 3 is 2.75 bits per heavy atom. The molecule has 3 N–H and O–H groups in total. The van der Waals surface area contributed by atoms with E-state index in [9.17, 15) is 4.79 Å². The molecule has 6 heteroatoms. The average Bonchev–Trinajstić information content (AvgIpc) is 2.35. The molecular formula is C14H22N4OS. The molecule has 0 atom stereocenters. The molecule has 1 aromatic rings. The Morgan fingerprint density at radius 1 is 1.55 bits per heavy atom. The molecule has 0 aromatic carbocycles. The van der Waals surface area contributed by atoms with Crippen LogP contribution in [0.1, 0.15) is 25.0 Å². The van der Waals surface area contributed by atoms with Gasteiger partial charge in [0.05, 0.1) is 12.1 Å². The van der Waals surface area contributed by atoms with E-state index in [2.05, 4.69) is 24.1 Å². The first-order valence-corrected chi connectivity index (χ1v) is 6.97. The van der Waals surface area contributed by atoms with Gasteiger partial charge < -0.3 is 16.0 Å². The lowest BCUT2D eigenvalue weighted by molar-refractivity contribution is -0.119. The van der Waals surface area contributed by atoms with Crippen molar-refractivity contribution in [2.24, 2.45) is 11.7 Å². The largest absolute Gasteiger partial charge is 0.389 e. The summed E-state index contributed by atoms with van der Waals surface area (Å²) < 4.78 is 0. The molecule has 0 aliphatic heterocycles. The zero-order chi connectivity index (χ0) is 15.3. The fourth-order valence-electron chi connectivity index (χ4n) is 1.80. The summed E-state index contributed by atoms with van der Waals surface area (Å²) in [7, 11) is 1.80. The lowest BCUT2D eigenvalue weighted by Crippen LogP contribution is -2.38. The number of hydrogen-bond acceptors (Lipinski definition) is 4.